The number of rotatable bonds is 7. The summed E-state index contributed by atoms with van der Waals surface area (Å²) in [5.74, 6) is 0.745. The first-order valence-corrected chi connectivity index (χ1v) is 6.45. The van der Waals surface area contributed by atoms with Crippen molar-refractivity contribution in [1.29, 1.82) is 0 Å². The molecule has 5 nitrogen and oxygen atoms in total. The summed E-state index contributed by atoms with van der Waals surface area (Å²) in [7, 11) is 0. The van der Waals surface area contributed by atoms with Crippen LogP contribution in [0.15, 0.2) is 35.3 Å². The van der Waals surface area contributed by atoms with E-state index < -0.39 is 6.10 Å². The van der Waals surface area contributed by atoms with Crippen LogP contribution in [0.25, 0.3) is 0 Å². The lowest BCUT2D eigenvalue weighted by Crippen LogP contribution is -2.26. The lowest BCUT2D eigenvalue weighted by atomic mass is 10.2. The molecular formula is C14H24IN3O2. The second kappa shape index (κ2) is 10.9. The number of hydrogen-bond donors (Lipinski definition) is 3. The van der Waals surface area contributed by atoms with Crippen LogP contribution in [0, 0.1) is 5.92 Å². The third-order valence-corrected chi connectivity index (χ3v) is 2.28. The van der Waals surface area contributed by atoms with Gasteiger partial charge in [0, 0.05) is 12.3 Å². The second-order valence-electron chi connectivity index (χ2n) is 4.80. The lowest BCUT2D eigenvalue weighted by Gasteiger charge is -2.11. The van der Waals surface area contributed by atoms with Crippen molar-refractivity contribution in [3.8, 4) is 0 Å². The monoisotopic (exact) mass is 393 g/mol. The highest BCUT2D eigenvalue weighted by Crippen LogP contribution is 2.03. The van der Waals surface area contributed by atoms with Crippen LogP contribution in [0.3, 0.4) is 0 Å². The highest BCUT2D eigenvalue weighted by Gasteiger charge is 2.04. The van der Waals surface area contributed by atoms with E-state index in [9.17, 15) is 5.11 Å². The molecule has 1 unspecified atom stereocenters. The molecule has 0 fully saturated rings. The van der Waals surface area contributed by atoms with Gasteiger partial charge in [-0.3, -0.25) is 4.99 Å². The number of para-hydroxylation sites is 1. The number of aliphatic hydroxyl groups excluding tert-OH is 1. The minimum atomic E-state index is -0.630. The number of ether oxygens (including phenoxy) is 1. The van der Waals surface area contributed by atoms with Crippen LogP contribution in [0.4, 0.5) is 5.69 Å². The molecule has 0 spiro atoms. The number of halogens is 1. The first-order valence-electron chi connectivity index (χ1n) is 6.45. The van der Waals surface area contributed by atoms with Crippen LogP contribution in [0.2, 0.25) is 0 Å². The number of nitrogens with one attached hydrogen (secondary N) is 1. The van der Waals surface area contributed by atoms with Crippen molar-refractivity contribution in [1.82, 2.24) is 0 Å². The molecule has 1 aromatic carbocycles. The molecule has 0 radical (unpaired) electrons. The van der Waals surface area contributed by atoms with Crippen LogP contribution >= 0.6 is 24.0 Å². The van der Waals surface area contributed by atoms with Gasteiger partial charge in [0.1, 0.15) is 0 Å². The summed E-state index contributed by atoms with van der Waals surface area (Å²) in [4.78, 5) is 4.07. The molecule has 114 valence electrons. The third kappa shape index (κ3) is 9.11. The molecule has 4 N–H and O–H groups in total. The first kappa shape index (κ1) is 19.1. The molecule has 0 amide bonds. The minimum absolute atomic E-state index is 0. The normalized spacial score (nSPS) is 12.9. The van der Waals surface area contributed by atoms with Gasteiger partial charge in [-0.25, -0.2) is 0 Å². The molecule has 0 heterocycles. The SMILES string of the molecule is CC(C)COCC(O)CN=C(N)Nc1ccccc1.I. The summed E-state index contributed by atoms with van der Waals surface area (Å²) in [6.45, 7) is 5.27. The highest BCUT2D eigenvalue weighted by molar-refractivity contribution is 14.0. The van der Waals surface area contributed by atoms with E-state index in [-0.39, 0.29) is 43.1 Å². The molecule has 1 aromatic rings. The molecule has 0 bridgehead atoms. The zero-order valence-corrected chi connectivity index (χ0v) is 14.3. The summed E-state index contributed by atoms with van der Waals surface area (Å²) in [6, 6.07) is 9.53. The summed E-state index contributed by atoms with van der Waals surface area (Å²) in [5, 5.41) is 12.6. The first-order chi connectivity index (χ1) is 9.08. The molecule has 1 rings (SSSR count). The lowest BCUT2D eigenvalue weighted by molar-refractivity contribution is 0.0302. The van der Waals surface area contributed by atoms with Crippen LogP contribution < -0.4 is 11.1 Å². The van der Waals surface area contributed by atoms with E-state index in [1.165, 1.54) is 0 Å². The molecule has 20 heavy (non-hydrogen) atoms. The Hall–Kier alpha value is -0.860. The fraction of sp³-hybridized carbons (Fsp3) is 0.500. The van der Waals surface area contributed by atoms with E-state index in [1.54, 1.807) is 0 Å². The average Bonchev–Trinajstić information content (AvgIpc) is 2.37. The largest absolute Gasteiger partial charge is 0.389 e. The third-order valence-electron chi connectivity index (χ3n) is 2.28. The predicted octanol–water partition coefficient (Wildman–Crippen LogP) is 2.06. The Kier molecular flexibility index (Phi) is 10.4. The zero-order chi connectivity index (χ0) is 14.1. The highest BCUT2D eigenvalue weighted by atomic mass is 127. The van der Waals surface area contributed by atoms with Gasteiger partial charge in [-0.1, -0.05) is 32.0 Å². The van der Waals surface area contributed by atoms with Gasteiger partial charge in [0.25, 0.3) is 0 Å². The quantitative estimate of drug-likeness (QED) is 0.377. The van der Waals surface area contributed by atoms with Crippen molar-refractivity contribution in [3.05, 3.63) is 30.3 Å². The van der Waals surface area contributed by atoms with E-state index in [0.29, 0.717) is 12.5 Å². The predicted molar refractivity (Wildman–Crippen MR) is 93.6 cm³/mol. The summed E-state index contributed by atoms with van der Waals surface area (Å²) in [6.07, 6.45) is -0.630. The zero-order valence-electron chi connectivity index (χ0n) is 12.0. The molecule has 0 saturated heterocycles. The van der Waals surface area contributed by atoms with Crippen molar-refractivity contribution in [2.75, 3.05) is 25.1 Å². The number of benzene rings is 1. The minimum Gasteiger partial charge on any atom is -0.389 e. The van der Waals surface area contributed by atoms with Gasteiger partial charge in [0.2, 0.25) is 0 Å². The Bertz CT molecular complexity index is 385. The summed E-state index contributed by atoms with van der Waals surface area (Å²) in [5.41, 5.74) is 6.59. The second-order valence-corrected chi connectivity index (χ2v) is 4.80. The van der Waals surface area contributed by atoms with E-state index in [2.05, 4.69) is 24.2 Å². The van der Waals surface area contributed by atoms with Crippen molar-refractivity contribution in [2.24, 2.45) is 16.6 Å². The smallest absolute Gasteiger partial charge is 0.193 e. The van der Waals surface area contributed by atoms with Crippen molar-refractivity contribution in [2.45, 2.75) is 20.0 Å². The standard InChI is InChI=1S/C14H23N3O2.HI/c1-11(2)9-19-10-13(18)8-16-14(15)17-12-6-4-3-5-7-12;/h3-7,11,13,18H,8-10H2,1-2H3,(H3,15,16,17);1H. The maximum absolute atomic E-state index is 9.66. The van der Waals surface area contributed by atoms with Crippen LogP contribution in [0.1, 0.15) is 13.8 Å². The number of hydrogen-bond acceptors (Lipinski definition) is 3. The van der Waals surface area contributed by atoms with Gasteiger partial charge in [0.05, 0.1) is 19.3 Å². The molecule has 1 atom stereocenters. The topological polar surface area (TPSA) is 79.9 Å². The number of guanidine groups is 1. The number of nitrogens with zero attached hydrogens (tertiary/aromatic N) is 1. The summed E-state index contributed by atoms with van der Waals surface area (Å²) >= 11 is 0. The Morgan fingerprint density at radius 1 is 1.30 bits per heavy atom. The molecule has 6 heteroatoms. The average molecular weight is 393 g/mol. The number of nitrogens with two attached hydrogens (primary N) is 1. The number of anilines is 1. The molecule has 0 aliphatic heterocycles. The van der Waals surface area contributed by atoms with Crippen LogP contribution in [-0.2, 0) is 4.74 Å². The summed E-state index contributed by atoms with van der Waals surface area (Å²) < 4.78 is 5.33. The van der Waals surface area contributed by atoms with Crippen molar-refractivity contribution < 1.29 is 9.84 Å². The number of aliphatic imine (C=N–C) groups is 1. The maximum atomic E-state index is 9.66. The molecule has 0 aromatic heterocycles. The fourth-order valence-corrected chi connectivity index (χ4v) is 1.41. The molecule has 0 aliphatic carbocycles. The van der Waals surface area contributed by atoms with Crippen LogP contribution in [0.5, 0.6) is 0 Å². The van der Waals surface area contributed by atoms with Gasteiger partial charge >= 0.3 is 0 Å². The Balaban J connectivity index is 0.00000361. The van der Waals surface area contributed by atoms with Crippen molar-refractivity contribution >= 4 is 35.6 Å². The van der Waals surface area contributed by atoms with Gasteiger partial charge in [-0.15, -0.1) is 24.0 Å². The van der Waals surface area contributed by atoms with E-state index in [1.807, 2.05) is 30.3 Å². The number of aliphatic hydroxyl groups is 1. The van der Waals surface area contributed by atoms with Gasteiger partial charge in [-0.05, 0) is 18.1 Å². The molecular weight excluding hydrogens is 369 g/mol. The Morgan fingerprint density at radius 2 is 1.95 bits per heavy atom. The van der Waals surface area contributed by atoms with Gasteiger partial charge in [0.15, 0.2) is 5.96 Å². The van der Waals surface area contributed by atoms with Crippen LogP contribution in [-0.4, -0.2) is 36.9 Å². The Labute approximate surface area is 137 Å². The molecule has 0 saturated carbocycles. The maximum Gasteiger partial charge on any atom is 0.193 e. The van der Waals surface area contributed by atoms with Gasteiger partial charge < -0.3 is 20.9 Å². The van der Waals surface area contributed by atoms with E-state index >= 15 is 0 Å². The fourth-order valence-electron chi connectivity index (χ4n) is 1.41. The molecule has 0 aliphatic rings. The van der Waals surface area contributed by atoms with Gasteiger partial charge in [-0.2, -0.15) is 0 Å². The van der Waals surface area contributed by atoms with E-state index in [4.69, 9.17) is 10.5 Å². The Morgan fingerprint density at radius 3 is 2.55 bits per heavy atom. The van der Waals surface area contributed by atoms with Crippen molar-refractivity contribution in [3.63, 3.8) is 0 Å². The van der Waals surface area contributed by atoms with E-state index in [0.717, 1.165) is 5.69 Å².